The maximum Gasteiger partial charge on any atom is 0.163 e. The molecule has 1 unspecified atom stereocenters. The first kappa shape index (κ1) is 13.9. The summed E-state index contributed by atoms with van der Waals surface area (Å²) >= 11 is 0. The molecule has 0 saturated carbocycles. The summed E-state index contributed by atoms with van der Waals surface area (Å²) in [6.45, 7) is 3.52. The Morgan fingerprint density at radius 1 is 1.24 bits per heavy atom. The van der Waals surface area contributed by atoms with Crippen molar-refractivity contribution in [3.05, 3.63) is 35.9 Å². The molecule has 0 heterocycles. The summed E-state index contributed by atoms with van der Waals surface area (Å²) in [5, 5.41) is -0.369. The van der Waals surface area contributed by atoms with Crippen LogP contribution in [-0.2, 0) is 9.84 Å². The van der Waals surface area contributed by atoms with Crippen LogP contribution in [0.25, 0.3) is 0 Å². The number of hydrogen-bond acceptors (Lipinski definition) is 3. The Balaban J connectivity index is 2.61. The van der Waals surface area contributed by atoms with Crippen LogP contribution < -0.4 is 0 Å². The Morgan fingerprint density at radius 2 is 1.82 bits per heavy atom. The van der Waals surface area contributed by atoms with Gasteiger partial charge in [0.25, 0.3) is 0 Å². The van der Waals surface area contributed by atoms with Crippen LogP contribution in [0.2, 0.25) is 0 Å². The highest BCUT2D eigenvalue weighted by atomic mass is 32.2. The predicted molar refractivity (Wildman–Crippen MR) is 68.9 cm³/mol. The molecule has 94 valence electrons. The van der Waals surface area contributed by atoms with Gasteiger partial charge in [-0.15, -0.1) is 0 Å². The van der Waals surface area contributed by atoms with Crippen molar-refractivity contribution in [3.8, 4) is 0 Å². The fourth-order valence-corrected chi connectivity index (χ4v) is 2.84. The van der Waals surface area contributed by atoms with E-state index in [1.54, 1.807) is 31.2 Å². The largest absolute Gasteiger partial charge is 0.294 e. The van der Waals surface area contributed by atoms with Crippen LogP contribution in [0.5, 0.6) is 0 Å². The Bertz CT molecular complexity index is 463. The summed E-state index contributed by atoms with van der Waals surface area (Å²) in [6, 6.07) is 8.79. The first-order valence-electron chi connectivity index (χ1n) is 5.77. The number of carbonyl (C=O) groups is 1. The Hall–Kier alpha value is -1.16. The monoisotopic (exact) mass is 254 g/mol. The molecule has 0 bridgehead atoms. The van der Waals surface area contributed by atoms with Gasteiger partial charge >= 0.3 is 0 Å². The van der Waals surface area contributed by atoms with Gasteiger partial charge in [-0.2, -0.15) is 0 Å². The van der Waals surface area contributed by atoms with Crippen molar-refractivity contribution in [2.75, 3.05) is 5.75 Å². The lowest BCUT2D eigenvalue weighted by Crippen LogP contribution is -2.21. The average Bonchev–Trinajstić information content (AvgIpc) is 2.36. The molecule has 1 aromatic rings. The van der Waals surface area contributed by atoms with Crippen LogP contribution in [-0.4, -0.2) is 25.2 Å². The zero-order chi connectivity index (χ0) is 12.9. The maximum absolute atomic E-state index is 11.7. The number of hydrogen-bond donors (Lipinski definition) is 0. The van der Waals surface area contributed by atoms with Crippen LogP contribution in [0.4, 0.5) is 0 Å². The summed E-state index contributed by atoms with van der Waals surface area (Å²) < 4.78 is 23.5. The smallest absolute Gasteiger partial charge is 0.163 e. The molecule has 0 aliphatic rings. The molecular formula is C13H18O3S. The van der Waals surface area contributed by atoms with Crippen LogP contribution in [0, 0.1) is 0 Å². The van der Waals surface area contributed by atoms with Crippen molar-refractivity contribution in [2.24, 2.45) is 0 Å². The maximum atomic E-state index is 11.7. The van der Waals surface area contributed by atoms with Gasteiger partial charge in [-0.25, -0.2) is 8.42 Å². The standard InChI is InChI=1S/C13H18O3S/c1-3-11(2)17(15,16)10-9-13(14)12-7-5-4-6-8-12/h4-8,11H,3,9-10H2,1-2H3. The molecule has 0 aliphatic heterocycles. The van der Waals surface area contributed by atoms with E-state index in [-0.39, 0.29) is 23.2 Å². The minimum absolute atomic E-state index is 0.0598. The van der Waals surface area contributed by atoms with Gasteiger partial charge in [-0.3, -0.25) is 4.79 Å². The predicted octanol–water partition coefficient (Wildman–Crippen LogP) is 2.47. The lowest BCUT2D eigenvalue weighted by molar-refractivity contribution is 0.0988. The summed E-state index contributed by atoms with van der Waals surface area (Å²) in [6.07, 6.45) is 0.651. The summed E-state index contributed by atoms with van der Waals surface area (Å²) in [5.74, 6) is -0.173. The van der Waals surface area contributed by atoms with Crippen molar-refractivity contribution in [1.82, 2.24) is 0 Å². The Kier molecular flexibility index (Phi) is 4.87. The van der Waals surface area contributed by atoms with E-state index in [2.05, 4.69) is 0 Å². The zero-order valence-electron chi connectivity index (χ0n) is 10.2. The van der Waals surface area contributed by atoms with Crippen molar-refractivity contribution in [3.63, 3.8) is 0 Å². The van der Waals surface area contributed by atoms with Gasteiger partial charge in [0, 0.05) is 12.0 Å². The summed E-state index contributed by atoms with van der Waals surface area (Å²) in [5.41, 5.74) is 0.576. The van der Waals surface area contributed by atoms with E-state index in [4.69, 9.17) is 0 Å². The fourth-order valence-electron chi connectivity index (χ4n) is 1.46. The molecule has 0 N–H and O–H groups in total. The van der Waals surface area contributed by atoms with E-state index in [0.717, 1.165) is 0 Å². The highest BCUT2D eigenvalue weighted by Gasteiger charge is 2.20. The van der Waals surface area contributed by atoms with Crippen LogP contribution in [0.1, 0.15) is 37.0 Å². The minimum Gasteiger partial charge on any atom is -0.294 e. The van der Waals surface area contributed by atoms with E-state index in [1.165, 1.54) is 0 Å². The topological polar surface area (TPSA) is 51.2 Å². The van der Waals surface area contributed by atoms with Gasteiger partial charge in [-0.1, -0.05) is 37.3 Å². The first-order valence-corrected chi connectivity index (χ1v) is 7.48. The molecule has 4 heteroatoms. The average molecular weight is 254 g/mol. The van der Waals surface area contributed by atoms with Crippen molar-refractivity contribution in [1.29, 1.82) is 0 Å². The number of sulfone groups is 1. The third kappa shape index (κ3) is 3.97. The lowest BCUT2D eigenvalue weighted by Gasteiger charge is -2.09. The first-order chi connectivity index (χ1) is 7.97. The highest BCUT2D eigenvalue weighted by molar-refractivity contribution is 7.92. The van der Waals surface area contributed by atoms with E-state index in [9.17, 15) is 13.2 Å². The van der Waals surface area contributed by atoms with Crippen molar-refractivity contribution in [2.45, 2.75) is 31.9 Å². The van der Waals surface area contributed by atoms with E-state index >= 15 is 0 Å². The van der Waals surface area contributed by atoms with E-state index < -0.39 is 9.84 Å². The molecule has 0 spiro atoms. The molecular weight excluding hydrogens is 236 g/mol. The molecule has 1 aromatic carbocycles. The molecule has 17 heavy (non-hydrogen) atoms. The van der Waals surface area contributed by atoms with Gasteiger partial charge in [0.05, 0.1) is 11.0 Å². The Morgan fingerprint density at radius 3 is 2.35 bits per heavy atom. The minimum atomic E-state index is -3.13. The molecule has 0 radical (unpaired) electrons. The second-order valence-electron chi connectivity index (χ2n) is 4.13. The van der Waals surface area contributed by atoms with Gasteiger partial charge in [-0.05, 0) is 13.3 Å². The molecule has 1 atom stereocenters. The summed E-state index contributed by atoms with van der Waals surface area (Å²) in [7, 11) is -3.13. The molecule has 0 fully saturated rings. The highest BCUT2D eigenvalue weighted by Crippen LogP contribution is 2.10. The van der Waals surface area contributed by atoms with Gasteiger partial charge in [0.1, 0.15) is 0 Å². The van der Waals surface area contributed by atoms with Crippen molar-refractivity contribution < 1.29 is 13.2 Å². The molecule has 0 aliphatic carbocycles. The van der Waals surface area contributed by atoms with E-state index in [1.807, 2.05) is 13.0 Å². The van der Waals surface area contributed by atoms with Gasteiger partial charge in [0.15, 0.2) is 15.6 Å². The van der Waals surface area contributed by atoms with Gasteiger partial charge in [0.2, 0.25) is 0 Å². The third-order valence-electron chi connectivity index (χ3n) is 2.90. The molecule has 0 saturated heterocycles. The second kappa shape index (κ2) is 5.96. The van der Waals surface area contributed by atoms with Crippen LogP contribution in [0.15, 0.2) is 30.3 Å². The van der Waals surface area contributed by atoms with Crippen LogP contribution in [0.3, 0.4) is 0 Å². The lowest BCUT2D eigenvalue weighted by atomic mass is 10.1. The zero-order valence-corrected chi connectivity index (χ0v) is 11.0. The van der Waals surface area contributed by atoms with Gasteiger partial charge < -0.3 is 0 Å². The number of benzene rings is 1. The number of Topliss-reactive ketones (excluding diaryl/α,β-unsaturated/α-hetero) is 1. The normalized spacial score (nSPS) is 13.3. The molecule has 3 nitrogen and oxygen atoms in total. The number of rotatable bonds is 6. The van der Waals surface area contributed by atoms with Crippen LogP contribution >= 0.6 is 0 Å². The molecule has 1 rings (SSSR count). The number of carbonyl (C=O) groups excluding carboxylic acids is 1. The molecule has 0 aromatic heterocycles. The number of ketones is 1. The molecule has 0 amide bonds. The fraction of sp³-hybridized carbons (Fsp3) is 0.462. The SMILES string of the molecule is CCC(C)S(=O)(=O)CCC(=O)c1ccccc1. The van der Waals surface area contributed by atoms with E-state index in [0.29, 0.717) is 12.0 Å². The second-order valence-corrected chi connectivity index (χ2v) is 6.66. The quantitative estimate of drug-likeness (QED) is 0.733. The summed E-state index contributed by atoms with van der Waals surface area (Å²) in [4.78, 5) is 11.7. The third-order valence-corrected chi connectivity index (χ3v) is 5.23. The van der Waals surface area contributed by atoms with Crippen molar-refractivity contribution >= 4 is 15.6 Å². The Labute approximate surface area is 103 Å².